The van der Waals surface area contributed by atoms with E-state index in [9.17, 15) is 13.2 Å². The van der Waals surface area contributed by atoms with Crippen LogP contribution in [-0.4, -0.2) is 76.2 Å². The van der Waals surface area contributed by atoms with E-state index in [2.05, 4.69) is 10.3 Å². The molecule has 1 aromatic heterocycles. The molecule has 9 nitrogen and oxygen atoms in total. The summed E-state index contributed by atoms with van der Waals surface area (Å²) in [5, 5.41) is 3.28. The lowest BCUT2D eigenvalue weighted by molar-refractivity contribution is 0.0730. The van der Waals surface area contributed by atoms with Gasteiger partial charge < -0.3 is 14.4 Å². The highest BCUT2D eigenvalue weighted by molar-refractivity contribution is 7.89. The Morgan fingerprint density at radius 2 is 1.77 bits per heavy atom. The van der Waals surface area contributed by atoms with Crippen LogP contribution in [0, 0.1) is 6.92 Å². The molecule has 0 saturated carbocycles. The molecule has 2 aliphatic rings. The summed E-state index contributed by atoms with van der Waals surface area (Å²) in [6.45, 7) is 5.60. The summed E-state index contributed by atoms with van der Waals surface area (Å²) in [7, 11) is -3.72. The Morgan fingerprint density at radius 3 is 2.40 bits per heavy atom. The SMILES string of the molecule is Cc1cnc(NC(=O)c2cc(S(=O)(=O)N3CCOCC3)ccc2N2CCOCC2)s1. The van der Waals surface area contributed by atoms with Gasteiger partial charge in [0, 0.05) is 42.9 Å². The second-order valence-electron chi connectivity index (χ2n) is 7.03. The normalized spacial score (nSPS) is 18.4. The van der Waals surface area contributed by atoms with Crippen LogP contribution in [-0.2, 0) is 19.5 Å². The Balaban J connectivity index is 1.69. The molecular formula is C19H24N4O5S2. The molecule has 0 bridgehead atoms. The average Bonchev–Trinajstić information content (AvgIpc) is 3.19. The van der Waals surface area contributed by atoms with Gasteiger partial charge >= 0.3 is 0 Å². The first-order chi connectivity index (χ1) is 14.4. The number of nitrogens with one attached hydrogen (secondary N) is 1. The van der Waals surface area contributed by atoms with Crippen LogP contribution in [0.1, 0.15) is 15.2 Å². The minimum absolute atomic E-state index is 0.0990. The molecule has 1 aromatic carbocycles. The van der Waals surface area contributed by atoms with Crippen LogP contribution in [0.25, 0.3) is 0 Å². The molecule has 30 heavy (non-hydrogen) atoms. The molecule has 0 spiro atoms. The van der Waals surface area contributed by atoms with E-state index in [0.29, 0.717) is 69.0 Å². The third-order valence-corrected chi connectivity index (χ3v) is 7.74. The van der Waals surface area contributed by atoms with Gasteiger partial charge in [0.25, 0.3) is 5.91 Å². The quantitative estimate of drug-likeness (QED) is 0.735. The van der Waals surface area contributed by atoms with Crippen LogP contribution in [0.15, 0.2) is 29.3 Å². The lowest BCUT2D eigenvalue weighted by atomic mass is 10.1. The van der Waals surface area contributed by atoms with Crippen molar-refractivity contribution >= 4 is 38.1 Å². The fourth-order valence-electron chi connectivity index (χ4n) is 3.45. The van der Waals surface area contributed by atoms with Crippen LogP contribution >= 0.6 is 11.3 Å². The Morgan fingerprint density at radius 1 is 1.10 bits per heavy atom. The molecule has 0 atom stereocenters. The Hall–Kier alpha value is -2.05. The standard InChI is InChI=1S/C19H24N4O5S2/c1-14-13-20-19(29-14)21-18(24)16-12-15(30(25,26)23-6-10-28-11-7-23)2-3-17(16)22-4-8-27-9-5-22/h2-3,12-13H,4-11H2,1H3,(H,20,21,24). The summed E-state index contributed by atoms with van der Waals surface area (Å²) in [5.74, 6) is -0.384. The molecule has 2 fully saturated rings. The van der Waals surface area contributed by atoms with E-state index in [4.69, 9.17) is 9.47 Å². The maximum Gasteiger partial charge on any atom is 0.259 e. The van der Waals surface area contributed by atoms with Crippen LogP contribution in [0.3, 0.4) is 0 Å². The fraction of sp³-hybridized carbons (Fsp3) is 0.474. The Bertz CT molecular complexity index is 1010. The number of hydrogen-bond donors (Lipinski definition) is 1. The van der Waals surface area contributed by atoms with Crippen molar-refractivity contribution < 1.29 is 22.7 Å². The molecule has 11 heteroatoms. The number of nitrogens with zero attached hydrogens (tertiary/aromatic N) is 3. The van der Waals surface area contributed by atoms with Crippen molar-refractivity contribution in [1.29, 1.82) is 0 Å². The van der Waals surface area contributed by atoms with Crippen molar-refractivity contribution in [3.05, 3.63) is 34.8 Å². The summed E-state index contributed by atoms with van der Waals surface area (Å²) in [4.78, 5) is 20.4. The first kappa shape index (κ1) is 21.2. The number of aromatic nitrogens is 1. The number of carbonyl (C=O) groups is 1. The number of thiazole rings is 1. The predicted octanol–water partition coefficient (Wildman–Crippen LogP) is 1.56. The average molecular weight is 453 g/mol. The maximum absolute atomic E-state index is 13.1. The first-order valence-electron chi connectivity index (χ1n) is 9.73. The van der Waals surface area contributed by atoms with E-state index in [0.717, 1.165) is 4.88 Å². The highest BCUT2D eigenvalue weighted by Crippen LogP contribution is 2.28. The smallest absolute Gasteiger partial charge is 0.259 e. The van der Waals surface area contributed by atoms with E-state index in [1.807, 2.05) is 11.8 Å². The number of carbonyl (C=O) groups excluding carboxylic acids is 1. The number of amides is 1. The van der Waals surface area contributed by atoms with Gasteiger partial charge in [0.05, 0.1) is 36.9 Å². The zero-order chi connectivity index (χ0) is 21.1. The third-order valence-electron chi connectivity index (χ3n) is 5.01. The Labute approximate surface area is 179 Å². The van der Waals surface area contributed by atoms with Crippen molar-refractivity contribution in [2.24, 2.45) is 0 Å². The maximum atomic E-state index is 13.1. The van der Waals surface area contributed by atoms with Crippen LogP contribution in [0.4, 0.5) is 10.8 Å². The molecule has 2 saturated heterocycles. The molecule has 0 radical (unpaired) electrons. The highest BCUT2D eigenvalue weighted by atomic mass is 32.2. The minimum Gasteiger partial charge on any atom is -0.379 e. The number of anilines is 2. The van der Waals surface area contributed by atoms with E-state index in [-0.39, 0.29) is 10.8 Å². The van der Waals surface area contributed by atoms with Gasteiger partial charge in [-0.05, 0) is 25.1 Å². The van der Waals surface area contributed by atoms with E-state index >= 15 is 0 Å². The molecule has 4 rings (SSSR count). The Kier molecular flexibility index (Phi) is 6.34. The lowest BCUT2D eigenvalue weighted by Crippen LogP contribution is -2.41. The van der Waals surface area contributed by atoms with Crippen LogP contribution < -0.4 is 10.2 Å². The number of aryl methyl sites for hydroxylation is 1. The van der Waals surface area contributed by atoms with Crippen molar-refractivity contribution in [1.82, 2.24) is 9.29 Å². The lowest BCUT2D eigenvalue weighted by Gasteiger charge is -2.31. The zero-order valence-corrected chi connectivity index (χ0v) is 18.3. The summed E-state index contributed by atoms with van der Waals surface area (Å²) >= 11 is 1.37. The second kappa shape index (κ2) is 8.98. The highest BCUT2D eigenvalue weighted by Gasteiger charge is 2.29. The number of morpholine rings is 2. The predicted molar refractivity (Wildman–Crippen MR) is 114 cm³/mol. The summed E-state index contributed by atoms with van der Waals surface area (Å²) in [5.41, 5.74) is 0.990. The van der Waals surface area contributed by atoms with Gasteiger partial charge in [-0.2, -0.15) is 4.31 Å². The molecule has 1 N–H and O–H groups in total. The molecule has 2 aromatic rings. The summed E-state index contributed by atoms with van der Waals surface area (Å²) in [6.07, 6.45) is 1.68. The number of rotatable bonds is 5. The molecule has 0 aliphatic carbocycles. The third kappa shape index (κ3) is 4.49. The molecule has 2 aliphatic heterocycles. The van der Waals surface area contributed by atoms with E-state index in [1.54, 1.807) is 18.3 Å². The summed E-state index contributed by atoms with van der Waals surface area (Å²) < 4.78 is 38.3. The van der Waals surface area contributed by atoms with Gasteiger partial charge in [-0.15, -0.1) is 11.3 Å². The molecule has 162 valence electrons. The minimum atomic E-state index is -3.72. The van der Waals surface area contributed by atoms with E-state index in [1.165, 1.54) is 21.7 Å². The molecule has 3 heterocycles. The van der Waals surface area contributed by atoms with Gasteiger partial charge in [0.15, 0.2) is 5.13 Å². The van der Waals surface area contributed by atoms with Gasteiger partial charge in [-0.25, -0.2) is 13.4 Å². The van der Waals surface area contributed by atoms with Gasteiger partial charge in [0.2, 0.25) is 10.0 Å². The number of hydrogen-bond acceptors (Lipinski definition) is 8. The van der Waals surface area contributed by atoms with Crippen molar-refractivity contribution in [2.75, 3.05) is 62.8 Å². The molecule has 0 unspecified atom stereocenters. The first-order valence-corrected chi connectivity index (χ1v) is 12.0. The molecular weight excluding hydrogens is 428 g/mol. The largest absolute Gasteiger partial charge is 0.379 e. The topological polar surface area (TPSA) is 101 Å². The fourth-order valence-corrected chi connectivity index (χ4v) is 5.54. The number of sulfonamides is 1. The van der Waals surface area contributed by atoms with Gasteiger partial charge in [-0.3, -0.25) is 10.1 Å². The monoisotopic (exact) mass is 452 g/mol. The zero-order valence-electron chi connectivity index (χ0n) is 16.7. The van der Waals surface area contributed by atoms with Crippen molar-refractivity contribution in [3.8, 4) is 0 Å². The van der Waals surface area contributed by atoms with E-state index < -0.39 is 10.0 Å². The van der Waals surface area contributed by atoms with Crippen LogP contribution in [0.5, 0.6) is 0 Å². The number of ether oxygens (including phenoxy) is 2. The second-order valence-corrected chi connectivity index (χ2v) is 10.2. The van der Waals surface area contributed by atoms with Crippen LogP contribution in [0.2, 0.25) is 0 Å². The summed E-state index contributed by atoms with van der Waals surface area (Å²) in [6, 6.07) is 4.74. The molecule has 1 amide bonds. The number of benzene rings is 1. The van der Waals surface area contributed by atoms with Crippen molar-refractivity contribution in [2.45, 2.75) is 11.8 Å². The van der Waals surface area contributed by atoms with Gasteiger partial charge in [-0.1, -0.05) is 0 Å². The van der Waals surface area contributed by atoms with Crippen molar-refractivity contribution in [3.63, 3.8) is 0 Å². The van der Waals surface area contributed by atoms with Gasteiger partial charge in [0.1, 0.15) is 0 Å².